The minimum Gasteiger partial charge on any atom is -0.406 e. The Kier molecular flexibility index (Phi) is 6.16. The highest BCUT2D eigenvalue weighted by atomic mass is 19.4. The lowest BCUT2D eigenvalue weighted by atomic mass is 10.2. The number of pyridine rings is 2. The smallest absolute Gasteiger partial charge is 0.406 e. The first kappa shape index (κ1) is 23.7. The SMILES string of the molecule is O=C(Nc1ccc(-n2nc(-c3cccnc3)cc2C(F)(F)F)cn1)c1ccc(OC(F)(F)F)cc1. The van der Waals surface area contributed by atoms with Crippen molar-refractivity contribution in [1.29, 1.82) is 0 Å². The lowest BCUT2D eigenvalue weighted by Crippen LogP contribution is -2.17. The van der Waals surface area contributed by atoms with Crippen LogP contribution in [0.1, 0.15) is 16.1 Å². The van der Waals surface area contributed by atoms with Gasteiger partial charge >= 0.3 is 12.5 Å². The number of aromatic nitrogens is 4. The van der Waals surface area contributed by atoms with E-state index in [1.807, 2.05) is 0 Å². The number of halogens is 6. The van der Waals surface area contributed by atoms with E-state index in [-0.39, 0.29) is 22.8 Å². The first-order chi connectivity index (χ1) is 16.5. The van der Waals surface area contributed by atoms with Crippen LogP contribution in [0, 0.1) is 0 Å². The molecule has 7 nitrogen and oxygen atoms in total. The summed E-state index contributed by atoms with van der Waals surface area (Å²) in [5, 5.41) is 6.43. The summed E-state index contributed by atoms with van der Waals surface area (Å²) in [6, 6.07) is 10.7. The highest BCUT2D eigenvalue weighted by molar-refractivity contribution is 6.03. The van der Waals surface area contributed by atoms with Gasteiger partial charge in [0.15, 0.2) is 0 Å². The molecular weight excluding hydrogens is 480 g/mol. The molecule has 35 heavy (non-hydrogen) atoms. The molecular formula is C22H13F6N5O2. The van der Waals surface area contributed by atoms with Crippen molar-refractivity contribution in [2.45, 2.75) is 12.5 Å². The maximum Gasteiger partial charge on any atom is 0.573 e. The van der Waals surface area contributed by atoms with Crippen LogP contribution >= 0.6 is 0 Å². The number of carbonyl (C=O) groups is 1. The van der Waals surface area contributed by atoms with Crippen LogP contribution in [-0.2, 0) is 6.18 Å². The average Bonchev–Trinajstić information content (AvgIpc) is 3.26. The Morgan fingerprint density at radius 1 is 0.943 bits per heavy atom. The van der Waals surface area contributed by atoms with Gasteiger partial charge in [0.25, 0.3) is 5.91 Å². The Balaban J connectivity index is 1.53. The Morgan fingerprint density at radius 3 is 2.26 bits per heavy atom. The number of hydrogen-bond donors (Lipinski definition) is 1. The third kappa shape index (κ3) is 5.75. The largest absolute Gasteiger partial charge is 0.573 e. The van der Waals surface area contributed by atoms with Crippen molar-refractivity contribution in [3.8, 4) is 22.7 Å². The van der Waals surface area contributed by atoms with Crippen LogP contribution < -0.4 is 10.1 Å². The zero-order valence-electron chi connectivity index (χ0n) is 17.3. The number of alkyl halides is 6. The van der Waals surface area contributed by atoms with Gasteiger partial charge in [0.2, 0.25) is 0 Å². The summed E-state index contributed by atoms with van der Waals surface area (Å²) >= 11 is 0. The highest BCUT2D eigenvalue weighted by Gasteiger charge is 2.36. The molecule has 0 spiro atoms. The Labute approximate surface area is 193 Å². The lowest BCUT2D eigenvalue weighted by molar-refractivity contribution is -0.274. The van der Waals surface area contributed by atoms with Crippen LogP contribution in [0.5, 0.6) is 5.75 Å². The molecule has 4 rings (SSSR count). The normalized spacial score (nSPS) is 11.8. The monoisotopic (exact) mass is 493 g/mol. The van der Waals surface area contributed by atoms with E-state index in [0.29, 0.717) is 10.2 Å². The molecule has 180 valence electrons. The summed E-state index contributed by atoms with van der Waals surface area (Å²) in [5.41, 5.74) is -0.589. The summed E-state index contributed by atoms with van der Waals surface area (Å²) in [6.45, 7) is 0. The number of ether oxygens (including phenoxy) is 1. The summed E-state index contributed by atoms with van der Waals surface area (Å²) in [7, 11) is 0. The van der Waals surface area contributed by atoms with E-state index < -0.39 is 29.9 Å². The second-order valence-corrected chi connectivity index (χ2v) is 6.99. The fourth-order valence-electron chi connectivity index (χ4n) is 3.02. The van der Waals surface area contributed by atoms with Crippen molar-refractivity contribution in [1.82, 2.24) is 19.7 Å². The van der Waals surface area contributed by atoms with Crippen molar-refractivity contribution in [3.05, 3.63) is 84.4 Å². The summed E-state index contributed by atoms with van der Waals surface area (Å²) in [5.74, 6) is -1.19. The van der Waals surface area contributed by atoms with Gasteiger partial charge in [-0.3, -0.25) is 9.78 Å². The van der Waals surface area contributed by atoms with E-state index in [2.05, 4.69) is 25.1 Å². The third-order valence-corrected chi connectivity index (χ3v) is 4.54. The van der Waals surface area contributed by atoms with Gasteiger partial charge in [-0.25, -0.2) is 9.67 Å². The van der Waals surface area contributed by atoms with Crippen molar-refractivity contribution >= 4 is 11.7 Å². The van der Waals surface area contributed by atoms with Crippen molar-refractivity contribution < 1.29 is 35.9 Å². The van der Waals surface area contributed by atoms with Gasteiger partial charge in [-0.1, -0.05) is 0 Å². The molecule has 0 aliphatic rings. The zero-order valence-corrected chi connectivity index (χ0v) is 17.3. The number of rotatable bonds is 5. The van der Waals surface area contributed by atoms with E-state index in [9.17, 15) is 31.1 Å². The van der Waals surface area contributed by atoms with Crippen LogP contribution in [-0.4, -0.2) is 32.0 Å². The number of anilines is 1. The van der Waals surface area contributed by atoms with Gasteiger partial charge in [-0.05, 0) is 54.6 Å². The molecule has 0 aliphatic carbocycles. The standard InChI is InChI=1S/C22H13F6N5O2/c23-21(24,25)18-10-17(14-2-1-9-29-11-14)32-33(18)15-5-8-19(30-12-15)31-20(34)13-3-6-16(7-4-13)35-22(26,27)28/h1-12H,(H,30,31,34). The molecule has 13 heteroatoms. The number of carbonyl (C=O) groups excluding carboxylic acids is 1. The number of nitrogens with one attached hydrogen (secondary N) is 1. The molecule has 0 saturated carbocycles. The maximum atomic E-state index is 13.6. The predicted octanol–water partition coefficient (Wildman–Crippen LogP) is 5.50. The van der Waals surface area contributed by atoms with E-state index in [1.165, 1.54) is 24.5 Å². The minimum absolute atomic E-state index is 0.00238. The molecule has 0 fully saturated rings. The second kappa shape index (κ2) is 9.08. The van der Waals surface area contributed by atoms with E-state index in [0.717, 1.165) is 36.5 Å². The molecule has 3 aromatic heterocycles. The third-order valence-electron chi connectivity index (χ3n) is 4.54. The van der Waals surface area contributed by atoms with E-state index in [4.69, 9.17) is 0 Å². The number of benzene rings is 1. The van der Waals surface area contributed by atoms with E-state index >= 15 is 0 Å². The zero-order chi connectivity index (χ0) is 25.2. The minimum atomic E-state index is -4.87. The molecule has 0 bridgehead atoms. The first-order valence-electron chi connectivity index (χ1n) is 9.71. The fraction of sp³-hybridized carbons (Fsp3) is 0.0909. The van der Waals surface area contributed by atoms with Gasteiger partial charge in [-0.2, -0.15) is 18.3 Å². The molecule has 0 aliphatic heterocycles. The van der Waals surface area contributed by atoms with Gasteiger partial charge in [-0.15, -0.1) is 13.2 Å². The Morgan fingerprint density at radius 2 is 1.69 bits per heavy atom. The Bertz CT molecular complexity index is 1320. The molecule has 0 atom stereocenters. The van der Waals surface area contributed by atoms with Crippen molar-refractivity contribution in [2.75, 3.05) is 5.32 Å². The number of amides is 1. The van der Waals surface area contributed by atoms with Gasteiger partial charge in [0, 0.05) is 23.5 Å². The molecule has 3 heterocycles. The van der Waals surface area contributed by atoms with Crippen LogP contribution in [0.2, 0.25) is 0 Å². The van der Waals surface area contributed by atoms with Crippen molar-refractivity contribution in [2.24, 2.45) is 0 Å². The van der Waals surface area contributed by atoms with Gasteiger partial charge in [0.1, 0.15) is 17.3 Å². The predicted molar refractivity (Wildman–Crippen MR) is 111 cm³/mol. The van der Waals surface area contributed by atoms with Crippen LogP contribution in [0.4, 0.5) is 32.2 Å². The topological polar surface area (TPSA) is 81.9 Å². The maximum absolute atomic E-state index is 13.6. The van der Waals surface area contributed by atoms with Gasteiger partial charge < -0.3 is 10.1 Å². The quantitative estimate of drug-likeness (QED) is 0.372. The summed E-state index contributed by atoms with van der Waals surface area (Å²) in [4.78, 5) is 20.2. The first-order valence-corrected chi connectivity index (χ1v) is 9.71. The summed E-state index contributed by atoms with van der Waals surface area (Å²) in [6.07, 6.45) is -5.62. The van der Waals surface area contributed by atoms with E-state index in [1.54, 1.807) is 12.1 Å². The molecule has 0 radical (unpaired) electrons. The fourth-order valence-corrected chi connectivity index (χ4v) is 3.02. The molecule has 0 unspecified atom stereocenters. The van der Waals surface area contributed by atoms with Crippen molar-refractivity contribution in [3.63, 3.8) is 0 Å². The lowest BCUT2D eigenvalue weighted by Gasteiger charge is -2.11. The Hall–Kier alpha value is -4.42. The van der Waals surface area contributed by atoms with Crippen LogP contribution in [0.15, 0.2) is 73.2 Å². The number of hydrogen-bond acceptors (Lipinski definition) is 5. The molecule has 1 aromatic carbocycles. The molecule has 1 N–H and O–H groups in total. The average molecular weight is 493 g/mol. The molecule has 1 amide bonds. The van der Waals surface area contributed by atoms with Crippen LogP contribution in [0.3, 0.4) is 0 Å². The number of nitrogens with zero attached hydrogens (tertiary/aromatic N) is 4. The summed E-state index contributed by atoms with van der Waals surface area (Å²) < 4.78 is 81.9. The van der Waals surface area contributed by atoms with Crippen LogP contribution in [0.25, 0.3) is 16.9 Å². The molecule has 0 saturated heterocycles. The van der Waals surface area contributed by atoms with Gasteiger partial charge in [0.05, 0.1) is 17.6 Å². The highest BCUT2D eigenvalue weighted by Crippen LogP contribution is 2.34. The second-order valence-electron chi connectivity index (χ2n) is 6.99. The molecule has 4 aromatic rings.